The molecule has 0 saturated carbocycles. The Hall–Kier alpha value is -1.17. The largest absolute Gasteiger partial charge is 0.333 e. The first-order valence-electron chi connectivity index (χ1n) is 7.41. The van der Waals surface area contributed by atoms with Gasteiger partial charge in [0.1, 0.15) is 5.82 Å². The van der Waals surface area contributed by atoms with Gasteiger partial charge < -0.3 is 9.88 Å². The van der Waals surface area contributed by atoms with Crippen LogP contribution in [0, 0.1) is 0 Å². The third-order valence-electron chi connectivity index (χ3n) is 4.18. The van der Waals surface area contributed by atoms with Crippen LogP contribution in [0.25, 0.3) is 0 Å². The number of halogens is 1. The molecule has 112 valence electrons. The van der Waals surface area contributed by atoms with Crippen molar-refractivity contribution in [2.24, 2.45) is 0 Å². The molecular weight excluding hydrogens is 328 g/mol. The van der Waals surface area contributed by atoms with Gasteiger partial charge >= 0.3 is 0 Å². The Morgan fingerprint density at radius 2 is 2.10 bits per heavy atom. The van der Waals surface area contributed by atoms with E-state index in [1.807, 2.05) is 13.2 Å². The van der Waals surface area contributed by atoms with E-state index in [1.54, 1.807) is 0 Å². The fraction of sp³-hybridized carbons (Fsp3) is 0.438. The van der Waals surface area contributed by atoms with Gasteiger partial charge in [0.15, 0.2) is 0 Å². The van der Waals surface area contributed by atoms with E-state index in [1.165, 1.54) is 11.4 Å². The van der Waals surface area contributed by atoms with E-state index in [4.69, 9.17) is 0 Å². The topological polar surface area (TPSA) is 33.1 Å². The number of aromatic nitrogens is 2. The van der Waals surface area contributed by atoms with Crippen molar-refractivity contribution in [2.75, 3.05) is 20.1 Å². The summed E-state index contributed by atoms with van der Waals surface area (Å²) in [5, 5.41) is 3.43. The van der Waals surface area contributed by atoms with Crippen molar-refractivity contribution in [3.8, 4) is 0 Å². The molecule has 1 aliphatic heterocycles. The average molecular weight is 349 g/mol. The third kappa shape index (κ3) is 3.54. The lowest BCUT2D eigenvalue weighted by Crippen LogP contribution is -2.35. The molecule has 1 aliphatic rings. The molecule has 0 aliphatic carbocycles. The Balaban J connectivity index is 1.57. The second-order valence-corrected chi connectivity index (χ2v) is 6.41. The molecule has 1 atom stereocenters. The summed E-state index contributed by atoms with van der Waals surface area (Å²) in [4.78, 5) is 6.91. The molecule has 5 heteroatoms. The van der Waals surface area contributed by atoms with E-state index < -0.39 is 0 Å². The van der Waals surface area contributed by atoms with Crippen LogP contribution in [-0.4, -0.2) is 34.6 Å². The Kier molecular flexibility index (Phi) is 4.73. The Bertz CT molecular complexity index is 578. The molecule has 2 heterocycles. The Labute approximate surface area is 134 Å². The van der Waals surface area contributed by atoms with Gasteiger partial charge in [-0.2, -0.15) is 0 Å². The average Bonchev–Trinajstić information content (AvgIpc) is 2.97. The summed E-state index contributed by atoms with van der Waals surface area (Å²) < 4.78 is 3.38. The van der Waals surface area contributed by atoms with Crippen molar-refractivity contribution in [1.29, 1.82) is 0 Å². The van der Waals surface area contributed by atoms with Crippen molar-refractivity contribution in [3.63, 3.8) is 0 Å². The van der Waals surface area contributed by atoms with Crippen LogP contribution in [0.2, 0.25) is 0 Å². The molecule has 0 spiro atoms. The first-order chi connectivity index (χ1) is 10.3. The van der Waals surface area contributed by atoms with Gasteiger partial charge in [-0.1, -0.05) is 28.1 Å². The lowest BCUT2D eigenvalue weighted by atomic mass is 10.0. The van der Waals surface area contributed by atoms with Crippen molar-refractivity contribution in [1.82, 2.24) is 19.8 Å². The monoisotopic (exact) mass is 348 g/mol. The number of benzene rings is 1. The van der Waals surface area contributed by atoms with E-state index in [0.717, 1.165) is 37.1 Å². The summed E-state index contributed by atoms with van der Waals surface area (Å²) in [5.74, 6) is 1.19. The summed E-state index contributed by atoms with van der Waals surface area (Å²) in [6.07, 6.45) is 5.08. The highest BCUT2D eigenvalue weighted by atomic mass is 79.9. The van der Waals surface area contributed by atoms with Crippen LogP contribution < -0.4 is 5.32 Å². The fourth-order valence-electron chi connectivity index (χ4n) is 2.90. The lowest BCUT2D eigenvalue weighted by Gasteiger charge is -2.29. The normalized spacial score (nSPS) is 16.7. The van der Waals surface area contributed by atoms with Crippen molar-refractivity contribution in [2.45, 2.75) is 25.6 Å². The molecule has 0 amide bonds. The summed E-state index contributed by atoms with van der Waals surface area (Å²) in [6.45, 7) is 4.22. The van der Waals surface area contributed by atoms with Crippen LogP contribution >= 0.6 is 15.9 Å². The number of fused-ring (bicyclic) bond motifs is 1. The molecule has 0 radical (unpaired) electrons. The highest BCUT2D eigenvalue weighted by Gasteiger charge is 2.18. The van der Waals surface area contributed by atoms with Crippen LogP contribution in [0.4, 0.5) is 0 Å². The first-order valence-corrected chi connectivity index (χ1v) is 8.20. The summed E-state index contributed by atoms with van der Waals surface area (Å²) in [7, 11) is 2.04. The predicted octanol–water partition coefficient (Wildman–Crippen LogP) is 2.81. The van der Waals surface area contributed by atoms with Gasteiger partial charge in [-0.15, -0.1) is 0 Å². The van der Waals surface area contributed by atoms with Gasteiger partial charge in [0.05, 0.1) is 6.54 Å². The van der Waals surface area contributed by atoms with E-state index in [0.29, 0.717) is 6.04 Å². The van der Waals surface area contributed by atoms with Crippen molar-refractivity contribution < 1.29 is 0 Å². The molecule has 0 bridgehead atoms. The van der Waals surface area contributed by atoms with Gasteiger partial charge in [0.25, 0.3) is 0 Å². The minimum atomic E-state index is 0.403. The summed E-state index contributed by atoms with van der Waals surface area (Å²) >= 11 is 3.49. The highest BCUT2D eigenvalue weighted by molar-refractivity contribution is 9.10. The van der Waals surface area contributed by atoms with E-state index in [-0.39, 0.29) is 0 Å². The number of nitrogens with zero attached hydrogens (tertiary/aromatic N) is 3. The van der Waals surface area contributed by atoms with Crippen LogP contribution in [-0.2, 0) is 13.1 Å². The summed E-state index contributed by atoms with van der Waals surface area (Å²) in [5.41, 5.74) is 1.35. The van der Waals surface area contributed by atoms with Gasteiger partial charge in [-0.05, 0) is 31.2 Å². The molecule has 21 heavy (non-hydrogen) atoms. The Morgan fingerprint density at radius 3 is 2.86 bits per heavy atom. The van der Waals surface area contributed by atoms with E-state index in [9.17, 15) is 0 Å². The second-order valence-electron chi connectivity index (χ2n) is 5.49. The molecule has 1 aromatic heterocycles. The molecule has 2 aromatic rings. The standard InChI is InChI=1S/C16H21BrN4/c1-18-15(13-2-4-14(17)5-3-13)6-8-20-10-11-21-9-7-19-16(21)12-20/h2-5,7,9,15,18H,6,8,10-12H2,1H3. The molecule has 1 unspecified atom stereocenters. The SMILES string of the molecule is CNC(CCN1CCn2ccnc2C1)c1ccc(Br)cc1. The molecular formula is C16H21BrN4. The number of imidazole rings is 1. The number of rotatable bonds is 5. The molecule has 0 saturated heterocycles. The van der Waals surface area contributed by atoms with E-state index >= 15 is 0 Å². The zero-order chi connectivity index (χ0) is 14.7. The van der Waals surface area contributed by atoms with Gasteiger partial charge in [-0.3, -0.25) is 4.90 Å². The Morgan fingerprint density at radius 1 is 1.29 bits per heavy atom. The van der Waals surface area contributed by atoms with E-state index in [2.05, 4.69) is 66.2 Å². The van der Waals surface area contributed by atoms with Gasteiger partial charge in [-0.25, -0.2) is 4.98 Å². The maximum absolute atomic E-state index is 4.42. The van der Waals surface area contributed by atoms with Crippen LogP contribution in [0.15, 0.2) is 41.1 Å². The maximum atomic E-state index is 4.42. The highest BCUT2D eigenvalue weighted by Crippen LogP contribution is 2.20. The van der Waals surface area contributed by atoms with Crippen molar-refractivity contribution >= 4 is 15.9 Å². The van der Waals surface area contributed by atoms with Crippen LogP contribution in [0.1, 0.15) is 23.9 Å². The predicted molar refractivity (Wildman–Crippen MR) is 88.1 cm³/mol. The number of hydrogen-bond donors (Lipinski definition) is 1. The van der Waals surface area contributed by atoms with Crippen LogP contribution in [0.5, 0.6) is 0 Å². The molecule has 3 rings (SSSR count). The van der Waals surface area contributed by atoms with Crippen molar-refractivity contribution in [3.05, 3.63) is 52.5 Å². The smallest absolute Gasteiger partial charge is 0.122 e. The first kappa shape index (κ1) is 14.8. The second kappa shape index (κ2) is 6.73. The fourth-order valence-corrected chi connectivity index (χ4v) is 3.16. The van der Waals surface area contributed by atoms with Gasteiger partial charge in [0.2, 0.25) is 0 Å². The molecule has 1 N–H and O–H groups in total. The quantitative estimate of drug-likeness (QED) is 0.901. The zero-order valence-corrected chi connectivity index (χ0v) is 13.9. The van der Waals surface area contributed by atoms with Crippen LogP contribution in [0.3, 0.4) is 0 Å². The minimum Gasteiger partial charge on any atom is -0.333 e. The minimum absolute atomic E-state index is 0.403. The zero-order valence-electron chi connectivity index (χ0n) is 12.3. The lowest BCUT2D eigenvalue weighted by molar-refractivity contribution is 0.207. The molecule has 1 aromatic carbocycles. The molecule has 0 fully saturated rings. The maximum Gasteiger partial charge on any atom is 0.122 e. The number of nitrogens with one attached hydrogen (secondary N) is 1. The van der Waals surface area contributed by atoms with Gasteiger partial charge in [0, 0.05) is 42.5 Å². The summed E-state index contributed by atoms with van der Waals surface area (Å²) in [6, 6.07) is 9.00. The number of hydrogen-bond acceptors (Lipinski definition) is 3. The molecule has 4 nitrogen and oxygen atoms in total. The third-order valence-corrected chi connectivity index (χ3v) is 4.71.